The van der Waals surface area contributed by atoms with E-state index >= 15 is 0 Å². The van der Waals surface area contributed by atoms with Crippen LogP contribution < -0.4 is 0 Å². The van der Waals surface area contributed by atoms with E-state index in [4.69, 9.17) is 14.2 Å². The summed E-state index contributed by atoms with van der Waals surface area (Å²) in [5, 5.41) is 0. The summed E-state index contributed by atoms with van der Waals surface area (Å²) < 4.78 is 17.0. The van der Waals surface area contributed by atoms with Crippen LogP contribution in [0.2, 0.25) is 0 Å². The highest BCUT2D eigenvalue weighted by atomic mass is 16.6. The van der Waals surface area contributed by atoms with Gasteiger partial charge in [-0.25, -0.2) is 0 Å². The molecule has 0 saturated heterocycles. The average Bonchev–Trinajstić information content (AvgIpc) is 3.49. The lowest BCUT2D eigenvalue weighted by atomic mass is 10.0. The van der Waals surface area contributed by atoms with Crippen LogP contribution in [0.4, 0.5) is 0 Å². The van der Waals surface area contributed by atoms with Gasteiger partial charge in [0.25, 0.3) is 0 Å². The van der Waals surface area contributed by atoms with Crippen LogP contribution in [0.5, 0.6) is 0 Å². The molecule has 1 atom stereocenters. The van der Waals surface area contributed by atoms with Crippen molar-refractivity contribution in [1.29, 1.82) is 0 Å². The lowest BCUT2D eigenvalue weighted by Crippen LogP contribution is -2.30. The monoisotopic (exact) mass is 1160 g/mol. The molecule has 6 heteroatoms. The smallest absolute Gasteiger partial charge is 0.306 e. The summed E-state index contributed by atoms with van der Waals surface area (Å²) >= 11 is 0. The summed E-state index contributed by atoms with van der Waals surface area (Å²) in [6.07, 6.45) is 91.5. The Hall–Kier alpha value is -2.63. The number of hydrogen-bond acceptors (Lipinski definition) is 6. The Morgan fingerprint density at radius 1 is 0.253 bits per heavy atom. The van der Waals surface area contributed by atoms with E-state index in [1.807, 2.05) is 0 Å². The van der Waals surface area contributed by atoms with Gasteiger partial charge >= 0.3 is 17.9 Å². The van der Waals surface area contributed by atoms with Crippen molar-refractivity contribution in [2.45, 2.75) is 412 Å². The van der Waals surface area contributed by atoms with Gasteiger partial charge in [0, 0.05) is 19.3 Å². The second-order valence-electron chi connectivity index (χ2n) is 25.2. The number of allylic oxidation sites excluding steroid dienone is 8. The highest BCUT2D eigenvalue weighted by Gasteiger charge is 2.20. The fraction of sp³-hybridized carbons (Fsp3) is 0.857. The Labute approximate surface area is 518 Å². The minimum absolute atomic E-state index is 0.0687. The van der Waals surface area contributed by atoms with Crippen LogP contribution in [0.15, 0.2) is 48.6 Å². The first-order valence-electron chi connectivity index (χ1n) is 37.1. The highest BCUT2D eigenvalue weighted by Crippen LogP contribution is 2.19. The summed E-state index contributed by atoms with van der Waals surface area (Å²) in [5.41, 5.74) is 0. The third-order valence-corrected chi connectivity index (χ3v) is 16.8. The van der Waals surface area contributed by atoms with E-state index in [0.717, 1.165) is 83.5 Å². The minimum Gasteiger partial charge on any atom is -0.462 e. The SMILES string of the molecule is CC/C=C\C/C=C\C/C=C\C/C=C\CCCCCCCCCCCCC(=O)OC(COC(=O)CCCCCCCCCCCCCCCCC)COC(=O)CCCCCCCCCCCCCCCCCCCCCCCCCCCCC. The molecule has 0 saturated carbocycles. The third kappa shape index (κ3) is 70.0. The van der Waals surface area contributed by atoms with E-state index in [1.54, 1.807) is 0 Å². The molecular weight excluding hydrogens is 1020 g/mol. The van der Waals surface area contributed by atoms with Gasteiger partial charge in [0.15, 0.2) is 6.10 Å². The van der Waals surface area contributed by atoms with Gasteiger partial charge in [0.1, 0.15) is 13.2 Å². The number of esters is 3. The van der Waals surface area contributed by atoms with Crippen molar-refractivity contribution < 1.29 is 28.6 Å². The van der Waals surface area contributed by atoms with Crippen molar-refractivity contribution in [3.05, 3.63) is 48.6 Å². The van der Waals surface area contributed by atoms with Gasteiger partial charge < -0.3 is 14.2 Å². The number of rotatable bonds is 69. The second kappa shape index (κ2) is 71.8. The molecule has 0 aromatic rings. The van der Waals surface area contributed by atoms with Crippen molar-refractivity contribution in [3.8, 4) is 0 Å². The zero-order valence-corrected chi connectivity index (χ0v) is 56.0. The van der Waals surface area contributed by atoms with Gasteiger partial charge in [-0.2, -0.15) is 0 Å². The number of ether oxygens (including phenoxy) is 3. The lowest BCUT2D eigenvalue weighted by Gasteiger charge is -2.18. The first-order valence-corrected chi connectivity index (χ1v) is 37.1. The van der Waals surface area contributed by atoms with E-state index in [1.165, 1.54) is 283 Å². The number of unbranched alkanes of at least 4 members (excludes halogenated alkanes) is 50. The highest BCUT2D eigenvalue weighted by molar-refractivity contribution is 5.71. The largest absolute Gasteiger partial charge is 0.462 e. The zero-order valence-electron chi connectivity index (χ0n) is 56.0. The van der Waals surface area contributed by atoms with Crippen LogP contribution in [0.1, 0.15) is 406 Å². The van der Waals surface area contributed by atoms with E-state index in [9.17, 15) is 14.4 Å². The summed E-state index contributed by atoms with van der Waals surface area (Å²) in [5.74, 6) is -0.841. The van der Waals surface area contributed by atoms with E-state index in [0.29, 0.717) is 19.3 Å². The molecule has 486 valence electrons. The van der Waals surface area contributed by atoms with Crippen LogP contribution in [0.3, 0.4) is 0 Å². The summed E-state index contributed by atoms with van der Waals surface area (Å²) in [7, 11) is 0. The normalized spacial score (nSPS) is 12.3. The first-order chi connectivity index (χ1) is 41.0. The van der Waals surface area contributed by atoms with Crippen LogP contribution in [-0.4, -0.2) is 37.2 Å². The van der Waals surface area contributed by atoms with Crippen LogP contribution >= 0.6 is 0 Å². The third-order valence-electron chi connectivity index (χ3n) is 16.8. The quantitative estimate of drug-likeness (QED) is 0.0261. The molecule has 0 radical (unpaired) electrons. The number of carbonyl (C=O) groups is 3. The number of carbonyl (C=O) groups excluding carboxylic acids is 3. The molecule has 0 bridgehead atoms. The Kier molecular flexibility index (Phi) is 69.6. The molecule has 0 heterocycles. The minimum atomic E-state index is -0.774. The molecule has 6 nitrogen and oxygen atoms in total. The zero-order chi connectivity index (χ0) is 59.9. The van der Waals surface area contributed by atoms with Crippen molar-refractivity contribution in [2.24, 2.45) is 0 Å². The Balaban J connectivity index is 4.24. The van der Waals surface area contributed by atoms with E-state index < -0.39 is 6.10 Å². The molecule has 0 aliphatic heterocycles. The predicted octanol–water partition coefficient (Wildman–Crippen LogP) is 25.7. The summed E-state index contributed by atoms with van der Waals surface area (Å²) in [6.45, 7) is 6.61. The van der Waals surface area contributed by atoms with Crippen molar-refractivity contribution in [1.82, 2.24) is 0 Å². The summed E-state index contributed by atoms with van der Waals surface area (Å²) in [4.78, 5) is 38.5. The fourth-order valence-electron chi connectivity index (χ4n) is 11.3. The maximum absolute atomic E-state index is 13.0. The molecule has 83 heavy (non-hydrogen) atoms. The molecular formula is C77H142O6. The Morgan fingerprint density at radius 3 is 0.735 bits per heavy atom. The van der Waals surface area contributed by atoms with Crippen molar-refractivity contribution in [3.63, 3.8) is 0 Å². The second-order valence-corrected chi connectivity index (χ2v) is 25.2. The maximum Gasteiger partial charge on any atom is 0.306 e. The van der Waals surface area contributed by atoms with Gasteiger partial charge in [0.2, 0.25) is 0 Å². The molecule has 1 unspecified atom stereocenters. The van der Waals surface area contributed by atoms with Gasteiger partial charge in [0.05, 0.1) is 0 Å². The van der Waals surface area contributed by atoms with E-state index in [-0.39, 0.29) is 31.1 Å². The fourth-order valence-corrected chi connectivity index (χ4v) is 11.3. The van der Waals surface area contributed by atoms with Gasteiger partial charge in [-0.1, -0.05) is 378 Å². The van der Waals surface area contributed by atoms with Crippen molar-refractivity contribution >= 4 is 17.9 Å². The maximum atomic E-state index is 13.0. The Bertz CT molecular complexity index is 1430. The molecule has 0 aliphatic rings. The van der Waals surface area contributed by atoms with Gasteiger partial charge in [-0.05, 0) is 57.8 Å². The topological polar surface area (TPSA) is 78.9 Å². The number of hydrogen-bond donors (Lipinski definition) is 0. The molecule has 0 N–H and O–H groups in total. The average molecular weight is 1160 g/mol. The van der Waals surface area contributed by atoms with Crippen LogP contribution in [0.25, 0.3) is 0 Å². The molecule has 0 aromatic heterocycles. The Morgan fingerprint density at radius 2 is 0.470 bits per heavy atom. The molecule has 0 aromatic carbocycles. The molecule has 0 amide bonds. The molecule has 0 aliphatic carbocycles. The van der Waals surface area contributed by atoms with E-state index in [2.05, 4.69) is 69.4 Å². The standard InChI is InChI=1S/C77H142O6/c1-4-7-10-13-16-19-22-25-28-30-32-34-36-37-38-39-41-42-44-46-49-52-55-58-61-64-67-70-76(79)82-73-74(72-81-75(78)69-66-63-60-57-54-51-48-27-24-21-18-15-12-9-6-3)83-77(80)71-68-65-62-59-56-53-50-47-45-43-40-35-33-31-29-26-23-20-17-14-11-8-5-2/h8,11,17,20,26,29,33,35,74H,4-7,9-10,12-16,18-19,21-25,27-28,30-32,34,36-73H2,1-3H3/b11-8-,20-17-,29-26-,35-33-. The van der Waals surface area contributed by atoms with Crippen molar-refractivity contribution in [2.75, 3.05) is 13.2 Å². The molecule has 0 spiro atoms. The van der Waals surface area contributed by atoms with Gasteiger partial charge in [-0.3, -0.25) is 14.4 Å². The molecule has 0 fully saturated rings. The predicted molar refractivity (Wildman–Crippen MR) is 362 cm³/mol. The first kappa shape index (κ1) is 80.4. The molecule has 0 rings (SSSR count). The summed E-state index contributed by atoms with van der Waals surface area (Å²) in [6, 6.07) is 0. The van der Waals surface area contributed by atoms with Gasteiger partial charge in [-0.15, -0.1) is 0 Å². The van der Waals surface area contributed by atoms with Crippen LogP contribution in [-0.2, 0) is 28.6 Å². The van der Waals surface area contributed by atoms with Crippen LogP contribution in [0, 0.1) is 0 Å². The lowest BCUT2D eigenvalue weighted by molar-refractivity contribution is -0.167.